The SMILES string of the molecule is O=C(NCCc1ccc(O)cc1)c1ccnc(Nc2cnccn2)c1. The van der Waals surface area contributed by atoms with Gasteiger partial charge in [-0.05, 0) is 36.2 Å². The molecule has 7 heteroatoms. The van der Waals surface area contributed by atoms with E-state index < -0.39 is 0 Å². The zero-order valence-corrected chi connectivity index (χ0v) is 13.4. The van der Waals surface area contributed by atoms with Gasteiger partial charge in [-0.1, -0.05) is 12.1 Å². The maximum atomic E-state index is 12.3. The smallest absolute Gasteiger partial charge is 0.251 e. The number of hydrogen-bond donors (Lipinski definition) is 3. The summed E-state index contributed by atoms with van der Waals surface area (Å²) in [6.07, 6.45) is 6.97. The summed E-state index contributed by atoms with van der Waals surface area (Å²) in [7, 11) is 0. The molecule has 3 aromatic rings. The molecule has 0 radical (unpaired) electrons. The predicted molar refractivity (Wildman–Crippen MR) is 93.7 cm³/mol. The third-order valence-electron chi connectivity index (χ3n) is 3.48. The van der Waals surface area contributed by atoms with Gasteiger partial charge in [-0.3, -0.25) is 9.78 Å². The van der Waals surface area contributed by atoms with Crippen molar-refractivity contribution in [2.45, 2.75) is 6.42 Å². The van der Waals surface area contributed by atoms with Crippen molar-refractivity contribution in [2.24, 2.45) is 0 Å². The van der Waals surface area contributed by atoms with E-state index in [2.05, 4.69) is 25.6 Å². The molecule has 2 aromatic heterocycles. The lowest BCUT2D eigenvalue weighted by Crippen LogP contribution is -2.25. The maximum Gasteiger partial charge on any atom is 0.251 e. The van der Waals surface area contributed by atoms with Gasteiger partial charge in [-0.25, -0.2) is 9.97 Å². The summed E-state index contributed by atoms with van der Waals surface area (Å²) in [4.78, 5) is 24.5. The molecule has 0 fully saturated rings. The number of anilines is 2. The van der Waals surface area contributed by atoms with Crippen molar-refractivity contribution in [3.05, 3.63) is 72.3 Å². The number of nitrogens with one attached hydrogen (secondary N) is 2. The van der Waals surface area contributed by atoms with Crippen molar-refractivity contribution < 1.29 is 9.90 Å². The number of amides is 1. The summed E-state index contributed by atoms with van der Waals surface area (Å²) in [6, 6.07) is 10.2. The molecule has 0 spiro atoms. The van der Waals surface area contributed by atoms with Crippen molar-refractivity contribution in [1.29, 1.82) is 0 Å². The average molecular weight is 335 g/mol. The number of nitrogens with zero attached hydrogens (tertiary/aromatic N) is 3. The Morgan fingerprint density at radius 1 is 1.00 bits per heavy atom. The zero-order valence-electron chi connectivity index (χ0n) is 13.4. The normalized spacial score (nSPS) is 10.2. The largest absolute Gasteiger partial charge is 0.508 e. The highest BCUT2D eigenvalue weighted by molar-refractivity contribution is 5.94. The summed E-state index contributed by atoms with van der Waals surface area (Å²) < 4.78 is 0. The molecule has 0 unspecified atom stereocenters. The van der Waals surface area contributed by atoms with E-state index in [0.717, 1.165) is 5.56 Å². The number of phenolic OH excluding ortho intramolecular Hbond substituents is 1. The van der Waals surface area contributed by atoms with Gasteiger partial charge in [0.25, 0.3) is 5.91 Å². The monoisotopic (exact) mass is 335 g/mol. The second-order valence-corrected chi connectivity index (χ2v) is 5.32. The lowest BCUT2D eigenvalue weighted by atomic mass is 10.1. The molecule has 7 nitrogen and oxygen atoms in total. The fourth-order valence-corrected chi connectivity index (χ4v) is 2.22. The number of benzene rings is 1. The molecule has 0 aliphatic rings. The van der Waals surface area contributed by atoms with E-state index >= 15 is 0 Å². The van der Waals surface area contributed by atoms with Crippen LogP contribution in [0.25, 0.3) is 0 Å². The molecule has 1 aromatic carbocycles. The lowest BCUT2D eigenvalue weighted by molar-refractivity contribution is 0.0954. The van der Waals surface area contributed by atoms with Gasteiger partial charge in [-0.2, -0.15) is 0 Å². The Balaban J connectivity index is 1.56. The van der Waals surface area contributed by atoms with Crippen LogP contribution in [0.5, 0.6) is 5.75 Å². The standard InChI is InChI=1S/C18H17N5O2/c24-15-3-1-13(2-4-15)5-7-22-18(25)14-6-8-20-16(11-14)23-17-12-19-9-10-21-17/h1-4,6,8-12,24H,5,7H2,(H,22,25)(H,20,21,23). The first-order chi connectivity index (χ1) is 12.2. The van der Waals surface area contributed by atoms with Crippen molar-refractivity contribution >= 4 is 17.5 Å². The molecular weight excluding hydrogens is 318 g/mol. The van der Waals surface area contributed by atoms with Crippen LogP contribution >= 0.6 is 0 Å². The minimum Gasteiger partial charge on any atom is -0.508 e. The number of pyridine rings is 1. The molecule has 25 heavy (non-hydrogen) atoms. The van der Waals surface area contributed by atoms with E-state index in [4.69, 9.17) is 0 Å². The summed E-state index contributed by atoms with van der Waals surface area (Å²) in [6.45, 7) is 0.499. The maximum absolute atomic E-state index is 12.3. The molecule has 0 atom stereocenters. The van der Waals surface area contributed by atoms with Crippen LogP contribution in [0.3, 0.4) is 0 Å². The van der Waals surface area contributed by atoms with Gasteiger partial charge < -0.3 is 15.7 Å². The van der Waals surface area contributed by atoms with Crippen LogP contribution in [0, 0.1) is 0 Å². The van der Waals surface area contributed by atoms with Gasteiger partial charge in [0.2, 0.25) is 0 Å². The number of hydrogen-bond acceptors (Lipinski definition) is 6. The number of phenols is 1. The Labute approximate surface area is 144 Å². The fourth-order valence-electron chi connectivity index (χ4n) is 2.22. The van der Waals surface area contributed by atoms with E-state index in [-0.39, 0.29) is 11.7 Å². The predicted octanol–water partition coefficient (Wildman–Crippen LogP) is 2.29. The lowest BCUT2D eigenvalue weighted by Gasteiger charge is -2.08. The molecule has 0 bridgehead atoms. The molecule has 0 aliphatic carbocycles. The van der Waals surface area contributed by atoms with E-state index in [9.17, 15) is 9.90 Å². The Kier molecular flexibility index (Phi) is 5.16. The van der Waals surface area contributed by atoms with Crippen LogP contribution in [-0.2, 0) is 6.42 Å². The highest BCUT2D eigenvalue weighted by Crippen LogP contribution is 2.12. The first-order valence-electron chi connectivity index (χ1n) is 7.76. The van der Waals surface area contributed by atoms with Crippen LogP contribution in [0.1, 0.15) is 15.9 Å². The highest BCUT2D eigenvalue weighted by atomic mass is 16.3. The first-order valence-corrected chi connectivity index (χ1v) is 7.76. The zero-order chi connectivity index (χ0) is 17.5. The average Bonchev–Trinajstić information content (AvgIpc) is 2.64. The Bertz CT molecular complexity index is 838. The number of carbonyl (C=O) groups is 1. The minimum absolute atomic E-state index is 0.177. The van der Waals surface area contributed by atoms with Crippen LogP contribution in [-0.4, -0.2) is 32.5 Å². The van der Waals surface area contributed by atoms with Crippen molar-refractivity contribution in [2.75, 3.05) is 11.9 Å². The number of carbonyl (C=O) groups excluding carboxylic acids is 1. The Hall–Kier alpha value is -3.48. The molecule has 126 valence electrons. The summed E-state index contributed by atoms with van der Waals surface area (Å²) in [5.41, 5.74) is 1.55. The van der Waals surface area contributed by atoms with E-state index in [1.165, 1.54) is 0 Å². The van der Waals surface area contributed by atoms with Crippen molar-refractivity contribution in [3.63, 3.8) is 0 Å². The van der Waals surface area contributed by atoms with Gasteiger partial charge in [0.05, 0.1) is 6.20 Å². The van der Waals surface area contributed by atoms with E-state index in [0.29, 0.717) is 30.2 Å². The second kappa shape index (κ2) is 7.87. The molecule has 0 aliphatic heterocycles. The topological polar surface area (TPSA) is 100 Å². The highest BCUT2D eigenvalue weighted by Gasteiger charge is 2.07. The summed E-state index contributed by atoms with van der Waals surface area (Å²) >= 11 is 0. The van der Waals surface area contributed by atoms with Crippen LogP contribution < -0.4 is 10.6 Å². The summed E-state index contributed by atoms with van der Waals surface area (Å²) in [5, 5.41) is 15.1. The molecule has 2 heterocycles. The van der Waals surface area contributed by atoms with Gasteiger partial charge in [0, 0.05) is 30.7 Å². The van der Waals surface area contributed by atoms with Crippen LogP contribution in [0.15, 0.2) is 61.2 Å². The third kappa shape index (κ3) is 4.74. The number of aromatic nitrogens is 3. The molecular formula is C18H17N5O2. The number of aromatic hydroxyl groups is 1. The van der Waals surface area contributed by atoms with Gasteiger partial charge in [-0.15, -0.1) is 0 Å². The molecule has 3 N–H and O–H groups in total. The molecule has 1 amide bonds. The Morgan fingerprint density at radius 3 is 2.56 bits per heavy atom. The van der Waals surface area contributed by atoms with E-state index in [1.54, 1.807) is 49.1 Å². The quantitative estimate of drug-likeness (QED) is 0.639. The minimum atomic E-state index is -0.177. The fraction of sp³-hybridized carbons (Fsp3) is 0.111. The van der Waals surface area contributed by atoms with Crippen LogP contribution in [0.2, 0.25) is 0 Å². The van der Waals surface area contributed by atoms with Gasteiger partial charge in [0.15, 0.2) is 0 Å². The van der Waals surface area contributed by atoms with Crippen LogP contribution in [0.4, 0.5) is 11.6 Å². The van der Waals surface area contributed by atoms with Crippen molar-refractivity contribution in [3.8, 4) is 5.75 Å². The summed E-state index contributed by atoms with van der Waals surface area (Å²) in [5.74, 6) is 1.13. The third-order valence-corrected chi connectivity index (χ3v) is 3.48. The second-order valence-electron chi connectivity index (χ2n) is 5.32. The van der Waals surface area contributed by atoms with Gasteiger partial charge >= 0.3 is 0 Å². The van der Waals surface area contributed by atoms with Crippen molar-refractivity contribution in [1.82, 2.24) is 20.3 Å². The number of rotatable bonds is 6. The first kappa shape index (κ1) is 16.4. The molecule has 3 rings (SSSR count). The van der Waals surface area contributed by atoms with Gasteiger partial charge in [0.1, 0.15) is 17.4 Å². The molecule has 0 saturated carbocycles. The Morgan fingerprint density at radius 2 is 1.80 bits per heavy atom. The molecule has 0 saturated heterocycles. The van der Waals surface area contributed by atoms with E-state index in [1.807, 2.05) is 12.1 Å².